The molecule has 2 N–H and O–H groups in total. The van der Waals surface area contributed by atoms with Crippen LogP contribution in [-0.2, 0) is 0 Å². The van der Waals surface area contributed by atoms with Gasteiger partial charge in [-0.25, -0.2) is 0 Å². The summed E-state index contributed by atoms with van der Waals surface area (Å²) >= 11 is 0. The number of rotatable bonds is 10. The number of anilines is 1. The lowest BCUT2D eigenvalue weighted by Gasteiger charge is -2.22. The van der Waals surface area contributed by atoms with Crippen LogP contribution in [-0.4, -0.2) is 22.1 Å². The molecular weight excluding hydrogens is 328 g/mol. The number of nitro groups is 1. The molecule has 0 amide bonds. The fourth-order valence-electron chi connectivity index (χ4n) is 2.89. The van der Waals surface area contributed by atoms with E-state index >= 15 is 0 Å². The third-order valence-electron chi connectivity index (χ3n) is 4.34. The van der Waals surface area contributed by atoms with Gasteiger partial charge in [0.1, 0.15) is 5.75 Å². The van der Waals surface area contributed by atoms with Crippen LogP contribution in [0.1, 0.15) is 38.2 Å². The zero-order valence-corrected chi connectivity index (χ0v) is 15.0. The Labute approximate surface area is 154 Å². The SMILES string of the molecule is CCCCC(Nc1ccccc1)C(CC=Cc1ccccc1O)[N+](=O)[O-]. The second kappa shape index (κ2) is 10.2. The normalized spacial score (nSPS) is 13.4. The Hall–Kier alpha value is -2.82. The highest BCUT2D eigenvalue weighted by Crippen LogP contribution is 2.20. The number of hydrogen-bond acceptors (Lipinski definition) is 4. The van der Waals surface area contributed by atoms with Crippen molar-refractivity contribution in [3.63, 3.8) is 0 Å². The van der Waals surface area contributed by atoms with Gasteiger partial charge in [0.15, 0.2) is 0 Å². The number of nitrogens with zero attached hydrogens (tertiary/aromatic N) is 1. The van der Waals surface area contributed by atoms with Crippen molar-refractivity contribution in [3.8, 4) is 5.75 Å². The van der Waals surface area contributed by atoms with Gasteiger partial charge in [0, 0.05) is 22.6 Å². The summed E-state index contributed by atoms with van der Waals surface area (Å²) in [6.45, 7) is 2.08. The summed E-state index contributed by atoms with van der Waals surface area (Å²) in [5, 5.41) is 24.8. The molecule has 0 aliphatic rings. The van der Waals surface area contributed by atoms with E-state index in [2.05, 4.69) is 12.2 Å². The molecule has 5 heteroatoms. The Morgan fingerprint density at radius 1 is 1.15 bits per heavy atom. The molecule has 0 saturated carbocycles. The Balaban J connectivity index is 2.11. The van der Waals surface area contributed by atoms with E-state index in [1.165, 1.54) is 0 Å². The largest absolute Gasteiger partial charge is 0.507 e. The molecule has 0 radical (unpaired) electrons. The topological polar surface area (TPSA) is 75.4 Å². The van der Waals surface area contributed by atoms with Crippen LogP contribution in [0.3, 0.4) is 0 Å². The van der Waals surface area contributed by atoms with Crippen LogP contribution < -0.4 is 5.32 Å². The summed E-state index contributed by atoms with van der Waals surface area (Å²) in [6.07, 6.45) is 6.47. The Morgan fingerprint density at radius 3 is 2.50 bits per heavy atom. The maximum atomic E-state index is 11.7. The van der Waals surface area contributed by atoms with Crippen molar-refractivity contribution in [2.75, 3.05) is 5.32 Å². The highest BCUT2D eigenvalue weighted by Gasteiger charge is 2.29. The van der Waals surface area contributed by atoms with Gasteiger partial charge in [-0.15, -0.1) is 0 Å². The summed E-state index contributed by atoms with van der Waals surface area (Å²) in [5.74, 6) is 0.173. The molecule has 2 rings (SSSR count). The average Bonchev–Trinajstić information content (AvgIpc) is 2.64. The summed E-state index contributed by atoms with van der Waals surface area (Å²) in [5.41, 5.74) is 1.56. The molecule has 0 saturated heterocycles. The van der Waals surface area contributed by atoms with Gasteiger partial charge in [-0.2, -0.15) is 0 Å². The molecule has 0 aromatic heterocycles. The van der Waals surface area contributed by atoms with E-state index in [1.54, 1.807) is 30.4 Å². The minimum absolute atomic E-state index is 0.173. The van der Waals surface area contributed by atoms with Crippen LogP contribution in [0.25, 0.3) is 6.08 Å². The Morgan fingerprint density at radius 2 is 1.85 bits per heavy atom. The molecule has 0 aliphatic heterocycles. The number of hydrogen-bond donors (Lipinski definition) is 2. The van der Waals surface area contributed by atoms with Crippen molar-refractivity contribution in [1.29, 1.82) is 0 Å². The molecule has 0 bridgehead atoms. The van der Waals surface area contributed by atoms with Gasteiger partial charge in [-0.3, -0.25) is 10.1 Å². The zero-order chi connectivity index (χ0) is 18.8. The second-order valence-corrected chi connectivity index (χ2v) is 6.31. The maximum Gasteiger partial charge on any atom is 0.236 e. The first kappa shape index (κ1) is 19.5. The van der Waals surface area contributed by atoms with E-state index in [0.717, 1.165) is 24.9 Å². The van der Waals surface area contributed by atoms with Gasteiger partial charge in [0.05, 0.1) is 6.04 Å². The van der Waals surface area contributed by atoms with Crippen molar-refractivity contribution in [1.82, 2.24) is 0 Å². The minimum atomic E-state index is -0.733. The minimum Gasteiger partial charge on any atom is -0.507 e. The number of para-hydroxylation sites is 2. The predicted molar refractivity (Wildman–Crippen MR) is 106 cm³/mol. The van der Waals surface area contributed by atoms with Gasteiger partial charge in [0.25, 0.3) is 0 Å². The fourth-order valence-corrected chi connectivity index (χ4v) is 2.89. The number of benzene rings is 2. The summed E-state index contributed by atoms with van der Waals surface area (Å²) in [7, 11) is 0. The van der Waals surface area contributed by atoms with Gasteiger partial charge < -0.3 is 10.4 Å². The maximum absolute atomic E-state index is 11.7. The lowest BCUT2D eigenvalue weighted by Crippen LogP contribution is -2.39. The van der Waals surface area contributed by atoms with Crippen LogP contribution in [0, 0.1) is 10.1 Å². The molecule has 2 unspecified atom stereocenters. The zero-order valence-electron chi connectivity index (χ0n) is 15.0. The van der Waals surface area contributed by atoms with E-state index in [0.29, 0.717) is 12.0 Å². The molecule has 0 heterocycles. The Kier molecular flexibility index (Phi) is 7.68. The number of nitrogens with one attached hydrogen (secondary N) is 1. The molecule has 2 atom stereocenters. The number of phenolic OH excluding ortho intramolecular Hbond substituents is 1. The van der Waals surface area contributed by atoms with Gasteiger partial charge in [-0.1, -0.05) is 68.3 Å². The standard InChI is InChI=1S/C21H26N2O3/c1-2-3-14-19(22-18-12-5-4-6-13-18)20(23(25)26)15-9-11-17-10-7-8-16-21(17)24/h4-13,16,19-20,22,24H,2-3,14-15H2,1H3. The van der Waals surface area contributed by atoms with Gasteiger partial charge >= 0.3 is 0 Å². The van der Waals surface area contributed by atoms with E-state index in [1.807, 2.05) is 36.4 Å². The van der Waals surface area contributed by atoms with Gasteiger partial charge in [0.2, 0.25) is 6.04 Å². The molecule has 2 aromatic rings. The van der Waals surface area contributed by atoms with Crippen LogP contribution in [0.5, 0.6) is 5.75 Å². The van der Waals surface area contributed by atoms with Crippen LogP contribution in [0.15, 0.2) is 60.7 Å². The number of aromatic hydroxyl groups is 1. The predicted octanol–water partition coefficient (Wildman–Crippen LogP) is 5.11. The molecule has 2 aromatic carbocycles. The van der Waals surface area contributed by atoms with E-state index in [4.69, 9.17) is 0 Å². The monoisotopic (exact) mass is 354 g/mol. The molecule has 5 nitrogen and oxygen atoms in total. The first-order chi connectivity index (χ1) is 12.6. The van der Waals surface area contributed by atoms with E-state index in [-0.39, 0.29) is 16.7 Å². The van der Waals surface area contributed by atoms with Crippen molar-refractivity contribution >= 4 is 11.8 Å². The van der Waals surface area contributed by atoms with Crippen LogP contribution >= 0.6 is 0 Å². The highest BCUT2D eigenvalue weighted by molar-refractivity contribution is 5.56. The summed E-state index contributed by atoms with van der Waals surface area (Å²) in [6, 6.07) is 15.6. The smallest absolute Gasteiger partial charge is 0.236 e. The summed E-state index contributed by atoms with van der Waals surface area (Å²) < 4.78 is 0. The second-order valence-electron chi connectivity index (χ2n) is 6.31. The Bertz CT molecular complexity index is 716. The lowest BCUT2D eigenvalue weighted by atomic mass is 9.98. The molecule has 0 fully saturated rings. The molecule has 26 heavy (non-hydrogen) atoms. The number of phenols is 1. The van der Waals surface area contributed by atoms with Crippen LogP contribution in [0.4, 0.5) is 5.69 Å². The molecule has 0 spiro atoms. The first-order valence-electron chi connectivity index (χ1n) is 9.01. The third kappa shape index (κ3) is 5.92. The first-order valence-corrected chi connectivity index (χ1v) is 9.01. The quantitative estimate of drug-likeness (QED) is 0.459. The van der Waals surface area contributed by atoms with Crippen molar-refractivity contribution in [2.24, 2.45) is 0 Å². The van der Waals surface area contributed by atoms with E-state index in [9.17, 15) is 15.2 Å². The summed E-state index contributed by atoms with van der Waals surface area (Å²) in [4.78, 5) is 11.5. The van der Waals surface area contributed by atoms with Crippen molar-refractivity contribution in [3.05, 3.63) is 76.4 Å². The molecular formula is C21H26N2O3. The van der Waals surface area contributed by atoms with Crippen molar-refractivity contribution in [2.45, 2.75) is 44.7 Å². The fraction of sp³-hybridized carbons (Fsp3) is 0.333. The lowest BCUT2D eigenvalue weighted by molar-refractivity contribution is -0.524. The molecule has 138 valence electrons. The van der Waals surface area contributed by atoms with E-state index < -0.39 is 6.04 Å². The average molecular weight is 354 g/mol. The van der Waals surface area contributed by atoms with Crippen LogP contribution in [0.2, 0.25) is 0 Å². The third-order valence-corrected chi connectivity index (χ3v) is 4.34. The van der Waals surface area contributed by atoms with Crippen molar-refractivity contribution < 1.29 is 10.0 Å². The number of unbranched alkanes of at least 4 members (excludes halogenated alkanes) is 1. The molecule has 0 aliphatic carbocycles. The highest BCUT2D eigenvalue weighted by atomic mass is 16.6. The van der Waals surface area contributed by atoms with Gasteiger partial charge in [-0.05, 0) is 24.6 Å².